The van der Waals surface area contributed by atoms with E-state index in [1.165, 1.54) is 25.7 Å². The van der Waals surface area contributed by atoms with Crippen LogP contribution in [0.5, 0.6) is 11.5 Å². The van der Waals surface area contributed by atoms with Gasteiger partial charge in [-0.25, -0.2) is 0 Å². The minimum atomic E-state index is 0. The molecule has 1 aliphatic heterocycles. The largest absolute Gasteiger partial charge is 2.00 e. The van der Waals surface area contributed by atoms with Crippen LogP contribution in [0.2, 0.25) is 0 Å². The van der Waals surface area contributed by atoms with Crippen molar-refractivity contribution in [1.29, 1.82) is 0 Å². The summed E-state index contributed by atoms with van der Waals surface area (Å²) in [7, 11) is 0. The molecule has 2 aliphatic rings. The average molecular weight is 597 g/mol. The molecule has 6 nitrogen and oxygen atoms in total. The molecule has 0 saturated heterocycles. The number of ether oxygens (including phenoxy) is 1. The summed E-state index contributed by atoms with van der Waals surface area (Å²) in [6, 6.07) is 8.12. The molecule has 7 heteroatoms. The third-order valence-corrected chi connectivity index (χ3v) is 4.81. The number of nitrogens with one attached hydrogen (secondary N) is 1. The Hall–Kier alpha value is -1.59. The van der Waals surface area contributed by atoms with E-state index in [4.69, 9.17) is 10.5 Å². The molecule has 2 aromatic heterocycles. The zero-order chi connectivity index (χ0) is 18.5. The molecule has 2 atom stereocenters. The minimum Gasteiger partial charge on any atom is -0.674 e. The predicted molar refractivity (Wildman–Crippen MR) is 122 cm³/mol. The summed E-state index contributed by atoms with van der Waals surface area (Å²) < 4.78 is 5.48. The first-order valence-corrected chi connectivity index (χ1v) is 9.71. The molecule has 30 heavy (non-hydrogen) atoms. The summed E-state index contributed by atoms with van der Waals surface area (Å²) in [5.41, 5.74) is 9.32. The zero-order valence-corrected chi connectivity index (χ0v) is 20.5. The SMILES string of the molecule is CC1CCCCC1[NH-].CCC.O.O.[CH3-].[Pt+2].c1cnc2c(c1)c1c(c3cccnc32)O1. The summed E-state index contributed by atoms with van der Waals surface area (Å²) in [6.07, 6.45) is 9.89. The Balaban J connectivity index is 0. The number of aromatic nitrogens is 2. The molecule has 1 fully saturated rings. The van der Waals surface area contributed by atoms with Crippen molar-refractivity contribution in [1.82, 2.24) is 9.97 Å². The summed E-state index contributed by atoms with van der Waals surface area (Å²) in [5.74, 6) is 2.58. The Kier molecular flexibility index (Phi) is 14.7. The van der Waals surface area contributed by atoms with Crippen molar-refractivity contribution in [2.45, 2.75) is 58.9 Å². The topological polar surface area (TPSA) is 125 Å². The second-order valence-electron chi connectivity index (χ2n) is 7.13. The van der Waals surface area contributed by atoms with E-state index in [1.54, 1.807) is 12.4 Å². The number of hydrogen-bond acceptors (Lipinski definition) is 3. The van der Waals surface area contributed by atoms with Gasteiger partial charge < -0.3 is 28.8 Å². The van der Waals surface area contributed by atoms with E-state index in [-0.39, 0.29) is 45.5 Å². The molecule has 3 aromatic rings. The van der Waals surface area contributed by atoms with Crippen molar-refractivity contribution >= 4 is 21.8 Å². The van der Waals surface area contributed by atoms with Gasteiger partial charge in [0.05, 0.1) is 0 Å². The van der Waals surface area contributed by atoms with E-state index in [9.17, 15) is 0 Å². The molecule has 170 valence electrons. The van der Waals surface area contributed by atoms with Crippen LogP contribution in [0.4, 0.5) is 0 Å². The van der Waals surface area contributed by atoms with Crippen LogP contribution in [0, 0.1) is 13.3 Å². The first-order valence-electron chi connectivity index (χ1n) is 9.71. The second kappa shape index (κ2) is 14.4. The van der Waals surface area contributed by atoms with Gasteiger partial charge in [-0.3, -0.25) is 9.97 Å². The normalized spacial score (nSPS) is 17.5. The molecule has 5 N–H and O–H groups in total. The number of fused-ring (bicyclic) bond motifs is 6. The van der Waals surface area contributed by atoms with E-state index in [2.05, 4.69) is 30.7 Å². The number of benzene rings is 1. The van der Waals surface area contributed by atoms with E-state index >= 15 is 0 Å². The molecule has 0 radical (unpaired) electrons. The van der Waals surface area contributed by atoms with Gasteiger partial charge in [0.15, 0.2) is 11.5 Å². The van der Waals surface area contributed by atoms with Crippen molar-refractivity contribution in [3.8, 4) is 11.5 Å². The van der Waals surface area contributed by atoms with Crippen LogP contribution in [0.1, 0.15) is 52.9 Å². The Morgan fingerprint density at radius 1 is 0.933 bits per heavy atom. The van der Waals surface area contributed by atoms with Gasteiger partial charge in [-0.05, 0) is 24.3 Å². The van der Waals surface area contributed by atoms with Gasteiger partial charge in [0.1, 0.15) is 11.0 Å². The number of hydrogen-bond donors (Lipinski definition) is 0. The monoisotopic (exact) mass is 596 g/mol. The Bertz CT molecular complexity index is 821. The maximum Gasteiger partial charge on any atom is 2.00 e. The fraction of sp³-hybridized carbons (Fsp3) is 0.435. The zero-order valence-electron chi connectivity index (χ0n) is 18.3. The van der Waals surface area contributed by atoms with Crippen molar-refractivity contribution in [3.05, 3.63) is 49.8 Å². The third-order valence-electron chi connectivity index (χ3n) is 4.81. The van der Waals surface area contributed by atoms with Crippen molar-refractivity contribution in [3.63, 3.8) is 0 Å². The Morgan fingerprint density at radius 3 is 1.73 bits per heavy atom. The summed E-state index contributed by atoms with van der Waals surface area (Å²) in [5, 5.41) is 2.11. The standard InChI is InChI=1S/C12H6N2O.C7H14N.C3H8.CH3.2H2O.Pt/c1-3-7-9(13-5-1)10-8(4-2-6-14-10)12-11(7)15-12;1-6-4-2-3-5-7(6)8;1-3-2;;;;/h1-6H;6-8H,2-5H2,1H3;3H2,1-2H3;1H3;2*1H2;/q;-1;;-1;;;+2. The van der Waals surface area contributed by atoms with Crippen molar-refractivity contribution < 1.29 is 36.8 Å². The van der Waals surface area contributed by atoms with Gasteiger partial charge >= 0.3 is 21.1 Å². The first kappa shape index (κ1) is 30.6. The van der Waals surface area contributed by atoms with Gasteiger partial charge in [0.25, 0.3) is 0 Å². The molecule has 1 aliphatic carbocycles. The van der Waals surface area contributed by atoms with Gasteiger partial charge in [0.2, 0.25) is 0 Å². The van der Waals surface area contributed by atoms with Gasteiger partial charge in [-0.1, -0.05) is 58.8 Å². The van der Waals surface area contributed by atoms with E-state index in [0.717, 1.165) is 39.7 Å². The summed E-state index contributed by atoms with van der Waals surface area (Å²) in [6.45, 7) is 6.44. The summed E-state index contributed by atoms with van der Waals surface area (Å²) in [4.78, 5) is 8.72. The number of pyridine rings is 2. The molecule has 1 aromatic carbocycles. The van der Waals surface area contributed by atoms with E-state index in [0.29, 0.717) is 5.92 Å². The minimum absolute atomic E-state index is 0. The van der Waals surface area contributed by atoms with Crippen molar-refractivity contribution in [2.24, 2.45) is 5.92 Å². The Labute approximate surface area is 194 Å². The van der Waals surface area contributed by atoms with Crippen LogP contribution in [-0.4, -0.2) is 27.0 Å². The maximum atomic E-state index is 7.48. The van der Waals surface area contributed by atoms with Crippen LogP contribution < -0.4 is 4.74 Å². The molecule has 3 heterocycles. The average Bonchev–Trinajstić information content (AvgIpc) is 3.47. The smallest absolute Gasteiger partial charge is 0.674 e. The van der Waals surface area contributed by atoms with Gasteiger partial charge in [-0.15, -0.1) is 6.04 Å². The van der Waals surface area contributed by atoms with Crippen LogP contribution in [0.3, 0.4) is 0 Å². The molecule has 5 rings (SSSR count). The fourth-order valence-electron chi connectivity index (χ4n) is 3.30. The van der Waals surface area contributed by atoms with Crippen molar-refractivity contribution in [2.75, 3.05) is 0 Å². The second-order valence-corrected chi connectivity index (χ2v) is 7.13. The molecule has 2 unspecified atom stereocenters. The molecular weight excluding hydrogens is 561 g/mol. The molecule has 1 saturated carbocycles. The van der Waals surface area contributed by atoms with Crippen LogP contribution >= 0.6 is 0 Å². The summed E-state index contributed by atoms with van der Waals surface area (Å²) >= 11 is 0. The fourth-order valence-corrected chi connectivity index (χ4v) is 3.30. The number of nitrogens with zero attached hydrogens (tertiary/aromatic N) is 2. The first-order chi connectivity index (χ1) is 12.7. The molecule has 0 spiro atoms. The van der Waals surface area contributed by atoms with E-state index < -0.39 is 0 Å². The molecule has 0 bridgehead atoms. The van der Waals surface area contributed by atoms with Crippen LogP contribution in [-0.2, 0) is 21.1 Å². The van der Waals surface area contributed by atoms with E-state index in [1.807, 2.05) is 24.3 Å². The number of rotatable bonds is 0. The van der Waals surface area contributed by atoms with Gasteiger partial charge in [-0.2, -0.15) is 0 Å². The maximum absolute atomic E-state index is 7.48. The van der Waals surface area contributed by atoms with Crippen LogP contribution in [0.25, 0.3) is 27.5 Å². The quantitative estimate of drug-likeness (QED) is 0.146. The third kappa shape index (κ3) is 6.98. The molecular formula is C23H35N3O3Pt. The molecule has 0 amide bonds. The predicted octanol–water partition coefficient (Wildman–Crippen LogP) is 5.72. The Morgan fingerprint density at radius 2 is 1.37 bits per heavy atom. The van der Waals surface area contributed by atoms with Crippen LogP contribution in [0.15, 0.2) is 36.7 Å². The van der Waals surface area contributed by atoms with Gasteiger partial charge in [0, 0.05) is 23.2 Å².